The monoisotopic (exact) mass is 476 g/mol. The zero-order valence-electron chi connectivity index (χ0n) is 19.6. The molecule has 0 aromatic heterocycles. The second kappa shape index (κ2) is 12.3. The Balaban J connectivity index is 1.77. The number of amides is 1. The van der Waals surface area contributed by atoms with Gasteiger partial charge in [-0.15, -0.1) is 0 Å². The highest BCUT2D eigenvalue weighted by atomic mass is 16.6. The topological polar surface area (TPSA) is 106 Å². The number of aliphatic hydroxyl groups is 1. The molecule has 0 atom stereocenters. The summed E-state index contributed by atoms with van der Waals surface area (Å²) < 4.78 is 16.0. The molecule has 0 saturated carbocycles. The van der Waals surface area contributed by atoms with Crippen LogP contribution in [-0.4, -0.2) is 43.0 Å². The summed E-state index contributed by atoms with van der Waals surface area (Å²) in [5, 5.41) is 15.5. The van der Waals surface area contributed by atoms with Crippen LogP contribution < -0.4 is 14.9 Å². The van der Waals surface area contributed by atoms with Crippen molar-refractivity contribution in [3.05, 3.63) is 95.6 Å². The molecule has 0 bridgehead atoms. The first kappa shape index (κ1) is 25.5. The summed E-state index contributed by atoms with van der Waals surface area (Å²) >= 11 is 0. The molecule has 0 fully saturated rings. The molecule has 2 N–H and O–H groups in total. The van der Waals surface area contributed by atoms with Gasteiger partial charge < -0.3 is 19.3 Å². The summed E-state index contributed by atoms with van der Waals surface area (Å²) in [7, 11) is 0. The number of nitrogens with one attached hydrogen (secondary N) is 1. The minimum absolute atomic E-state index is 0.241. The van der Waals surface area contributed by atoms with Crippen molar-refractivity contribution in [1.82, 2.24) is 5.43 Å². The molecule has 8 nitrogen and oxygen atoms in total. The van der Waals surface area contributed by atoms with Crippen LogP contribution in [0.4, 0.5) is 0 Å². The van der Waals surface area contributed by atoms with Crippen LogP contribution in [0.25, 0.3) is 0 Å². The van der Waals surface area contributed by atoms with Gasteiger partial charge in [-0.1, -0.05) is 60.7 Å². The Kier molecular flexibility index (Phi) is 8.97. The lowest BCUT2D eigenvalue weighted by molar-refractivity contribution is -0.145. The molecule has 3 aromatic carbocycles. The Bertz CT molecular complexity index is 1110. The van der Waals surface area contributed by atoms with Crippen LogP contribution in [0.2, 0.25) is 0 Å². The highest BCUT2D eigenvalue weighted by Crippen LogP contribution is 2.30. The third kappa shape index (κ3) is 6.45. The van der Waals surface area contributed by atoms with E-state index < -0.39 is 17.5 Å². The Labute approximate surface area is 204 Å². The number of benzene rings is 3. The number of ether oxygens (including phenoxy) is 3. The van der Waals surface area contributed by atoms with Crippen LogP contribution >= 0.6 is 0 Å². The van der Waals surface area contributed by atoms with Crippen LogP contribution in [0.1, 0.15) is 30.5 Å². The summed E-state index contributed by atoms with van der Waals surface area (Å²) in [4.78, 5) is 24.7. The predicted octanol–water partition coefficient (Wildman–Crippen LogP) is 3.41. The molecule has 8 heteroatoms. The number of carbonyl (C=O) groups excluding carboxylic acids is 2. The van der Waals surface area contributed by atoms with Gasteiger partial charge in [-0.05, 0) is 48.7 Å². The molecule has 0 saturated heterocycles. The molecule has 0 aliphatic heterocycles. The fourth-order valence-electron chi connectivity index (χ4n) is 3.37. The van der Waals surface area contributed by atoms with E-state index in [4.69, 9.17) is 14.2 Å². The van der Waals surface area contributed by atoms with E-state index in [1.165, 1.54) is 6.21 Å². The largest absolute Gasteiger partial charge is 0.490 e. The van der Waals surface area contributed by atoms with E-state index in [0.717, 1.165) is 0 Å². The number of esters is 1. The van der Waals surface area contributed by atoms with Gasteiger partial charge in [0.1, 0.15) is 0 Å². The third-order valence-electron chi connectivity index (χ3n) is 5.01. The summed E-state index contributed by atoms with van der Waals surface area (Å²) in [6, 6.07) is 22.3. The van der Waals surface area contributed by atoms with Crippen molar-refractivity contribution in [1.29, 1.82) is 0 Å². The van der Waals surface area contributed by atoms with Crippen molar-refractivity contribution >= 4 is 18.1 Å². The van der Waals surface area contributed by atoms with E-state index in [1.54, 1.807) is 85.8 Å². The van der Waals surface area contributed by atoms with Crippen molar-refractivity contribution in [2.24, 2.45) is 5.10 Å². The van der Waals surface area contributed by atoms with E-state index in [1.807, 2.05) is 6.92 Å². The Morgan fingerprint density at radius 2 is 1.51 bits per heavy atom. The molecule has 0 aliphatic carbocycles. The van der Waals surface area contributed by atoms with Crippen LogP contribution in [0.5, 0.6) is 11.5 Å². The molecule has 0 aliphatic rings. The molecule has 3 rings (SSSR count). The molecule has 3 aromatic rings. The maximum Gasteiger partial charge on any atom is 0.344 e. The van der Waals surface area contributed by atoms with Gasteiger partial charge in [-0.2, -0.15) is 5.10 Å². The first-order valence-corrected chi connectivity index (χ1v) is 11.2. The van der Waals surface area contributed by atoms with Gasteiger partial charge in [0.15, 0.2) is 23.7 Å². The molecular weight excluding hydrogens is 448 g/mol. The zero-order valence-corrected chi connectivity index (χ0v) is 19.6. The number of hydrogen-bond acceptors (Lipinski definition) is 7. The number of hydrazone groups is 1. The predicted molar refractivity (Wildman–Crippen MR) is 131 cm³/mol. The molecule has 1 amide bonds. The lowest BCUT2D eigenvalue weighted by Gasteiger charge is -2.27. The summed E-state index contributed by atoms with van der Waals surface area (Å²) in [5.41, 5.74) is 1.95. The summed E-state index contributed by atoms with van der Waals surface area (Å²) in [6.45, 7) is 3.95. The van der Waals surface area contributed by atoms with E-state index in [0.29, 0.717) is 34.8 Å². The van der Waals surface area contributed by atoms with Crippen molar-refractivity contribution in [2.45, 2.75) is 19.4 Å². The number of nitrogens with zero attached hydrogens (tertiary/aromatic N) is 1. The summed E-state index contributed by atoms with van der Waals surface area (Å²) in [5.74, 6) is -0.390. The van der Waals surface area contributed by atoms with Gasteiger partial charge in [0.2, 0.25) is 0 Å². The highest BCUT2D eigenvalue weighted by Gasteiger charge is 2.39. The smallest absolute Gasteiger partial charge is 0.344 e. The van der Waals surface area contributed by atoms with Gasteiger partial charge in [-0.25, -0.2) is 10.2 Å². The van der Waals surface area contributed by atoms with Gasteiger partial charge in [0, 0.05) is 0 Å². The first-order chi connectivity index (χ1) is 17.0. The van der Waals surface area contributed by atoms with Crippen molar-refractivity contribution in [2.75, 3.05) is 19.8 Å². The fourth-order valence-corrected chi connectivity index (χ4v) is 3.37. The van der Waals surface area contributed by atoms with Crippen molar-refractivity contribution in [3.8, 4) is 11.5 Å². The molecule has 0 unspecified atom stereocenters. The second-order valence-electron chi connectivity index (χ2n) is 7.37. The van der Waals surface area contributed by atoms with Crippen molar-refractivity contribution in [3.63, 3.8) is 0 Å². The van der Waals surface area contributed by atoms with Gasteiger partial charge in [0.25, 0.3) is 5.91 Å². The number of hydrogen-bond donors (Lipinski definition) is 2. The van der Waals surface area contributed by atoms with E-state index >= 15 is 0 Å². The van der Waals surface area contributed by atoms with Gasteiger partial charge in [-0.3, -0.25) is 4.79 Å². The summed E-state index contributed by atoms with van der Waals surface area (Å²) in [6.07, 6.45) is 1.42. The average Bonchev–Trinajstić information content (AvgIpc) is 2.89. The minimum atomic E-state index is -1.93. The molecule has 182 valence electrons. The number of carbonyl (C=O) groups is 2. The first-order valence-electron chi connectivity index (χ1n) is 11.2. The van der Waals surface area contributed by atoms with Crippen LogP contribution in [0.15, 0.2) is 84.0 Å². The second-order valence-corrected chi connectivity index (χ2v) is 7.37. The molecular formula is C27H28N2O6. The highest BCUT2D eigenvalue weighted by molar-refractivity contribution is 5.91. The normalized spacial score (nSPS) is 11.2. The molecule has 35 heavy (non-hydrogen) atoms. The van der Waals surface area contributed by atoms with E-state index in [-0.39, 0.29) is 13.2 Å². The molecule has 0 spiro atoms. The van der Waals surface area contributed by atoms with Gasteiger partial charge >= 0.3 is 5.97 Å². The van der Waals surface area contributed by atoms with E-state index in [9.17, 15) is 14.7 Å². The van der Waals surface area contributed by atoms with E-state index in [2.05, 4.69) is 10.5 Å². The minimum Gasteiger partial charge on any atom is -0.490 e. The van der Waals surface area contributed by atoms with Crippen LogP contribution in [0.3, 0.4) is 0 Å². The van der Waals surface area contributed by atoms with Crippen LogP contribution in [0, 0.1) is 0 Å². The average molecular weight is 477 g/mol. The Morgan fingerprint density at radius 1 is 0.886 bits per heavy atom. The quantitative estimate of drug-likeness (QED) is 0.250. The van der Waals surface area contributed by atoms with Crippen molar-refractivity contribution < 1.29 is 28.9 Å². The third-order valence-corrected chi connectivity index (χ3v) is 5.01. The standard InChI is InChI=1S/C27H28N2O6/c1-3-33-24-17-20(15-16-23(24)35-19-25(30)34-4-2)18-28-29-26(31)27(32,21-11-7-5-8-12-21)22-13-9-6-10-14-22/h5-18,32H,3-4,19H2,1-2H3,(H,29,31). The van der Waals surface area contributed by atoms with Crippen LogP contribution in [-0.2, 0) is 19.9 Å². The zero-order chi connectivity index (χ0) is 25.1. The Morgan fingerprint density at radius 3 is 2.09 bits per heavy atom. The molecule has 0 heterocycles. The fraction of sp³-hybridized carbons (Fsp3) is 0.222. The lowest BCUT2D eigenvalue weighted by atomic mass is 9.85. The Hall–Kier alpha value is -4.17. The van der Waals surface area contributed by atoms with Gasteiger partial charge in [0.05, 0.1) is 19.4 Å². The molecule has 0 radical (unpaired) electrons. The maximum absolute atomic E-state index is 13.1. The lowest BCUT2D eigenvalue weighted by Crippen LogP contribution is -2.43. The SMILES string of the molecule is CCOC(=O)COc1ccc(C=NNC(=O)C(O)(c2ccccc2)c2ccccc2)cc1OCC. The maximum atomic E-state index is 13.1. The number of rotatable bonds is 11.